The fourth-order valence-electron chi connectivity index (χ4n) is 2.49. The van der Waals surface area contributed by atoms with Gasteiger partial charge in [-0.05, 0) is 34.7 Å². The number of rotatable bonds is 4. The van der Waals surface area contributed by atoms with Crippen LogP contribution in [0, 0.1) is 0 Å². The van der Waals surface area contributed by atoms with Crippen molar-refractivity contribution in [3.8, 4) is 0 Å². The number of benzene rings is 1. The lowest BCUT2D eigenvalue weighted by Crippen LogP contribution is -2.03. The van der Waals surface area contributed by atoms with E-state index in [9.17, 15) is 0 Å². The molecular weight excluding hydrogens is 248 g/mol. The molecule has 0 fully saturated rings. The zero-order valence-corrected chi connectivity index (χ0v) is 12.0. The normalized spacial score (nSPS) is 13.6. The molecule has 0 spiro atoms. The number of anilines is 1. The molecule has 3 heteroatoms. The monoisotopic (exact) mass is 268 g/mol. The third-order valence-electron chi connectivity index (χ3n) is 3.73. The molecule has 0 radical (unpaired) electrons. The fraction of sp³-hybridized carbons (Fsp3) is 0.353. The van der Waals surface area contributed by atoms with Gasteiger partial charge in [0.05, 0.1) is 25.1 Å². The van der Waals surface area contributed by atoms with Gasteiger partial charge < -0.3 is 10.1 Å². The number of nitrogens with one attached hydrogen (secondary N) is 1. The van der Waals surface area contributed by atoms with Crippen LogP contribution in [0.4, 0.5) is 5.69 Å². The Hall–Kier alpha value is -1.87. The van der Waals surface area contributed by atoms with Crippen LogP contribution in [0.2, 0.25) is 0 Å². The summed E-state index contributed by atoms with van der Waals surface area (Å²) in [5.74, 6) is 0.471. The van der Waals surface area contributed by atoms with E-state index in [1.807, 2.05) is 6.20 Å². The number of nitrogens with zero attached hydrogens (tertiary/aromatic N) is 1. The van der Waals surface area contributed by atoms with E-state index in [1.54, 1.807) is 0 Å². The van der Waals surface area contributed by atoms with Gasteiger partial charge in [0, 0.05) is 12.2 Å². The molecule has 0 atom stereocenters. The lowest BCUT2D eigenvalue weighted by Gasteiger charge is -2.11. The van der Waals surface area contributed by atoms with Crippen LogP contribution in [0.25, 0.3) is 0 Å². The van der Waals surface area contributed by atoms with E-state index in [0.29, 0.717) is 5.92 Å². The smallest absolute Gasteiger partial charge is 0.0728 e. The molecule has 2 heterocycles. The van der Waals surface area contributed by atoms with Gasteiger partial charge in [-0.3, -0.25) is 4.98 Å². The van der Waals surface area contributed by atoms with Crippen molar-refractivity contribution in [3.63, 3.8) is 0 Å². The lowest BCUT2D eigenvalue weighted by atomic mass is 10.0. The molecule has 1 aromatic heterocycles. The van der Waals surface area contributed by atoms with E-state index < -0.39 is 0 Å². The maximum atomic E-state index is 5.51. The van der Waals surface area contributed by atoms with Gasteiger partial charge in [-0.2, -0.15) is 0 Å². The van der Waals surface area contributed by atoms with Gasteiger partial charge >= 0.3 is 0 Å². The van der Waals surface area contributed by atoms with Gasteiger partial charge in [0.2, 0.25) is 0 Å². The van der Waals surface area contributed by atoms with Crippen molar-refractivity contribution in [1.82, 2.24) is 4.98 Å². The Morgan fingerprint density at radius 1 is 1.20 bits per heavy atom. The number of aromatic nitrogens is 1. The second-order valence-corrected chi connectivity index (χ2v) is 5.53. The van der Waals surface area contributed by atoms with E-state index in [1.165, 1.54) is 16.7 Å². The second-order valence-electron chi connectivity index (χ2n) is 5.53. The van der Waals surface area contributed by atoms with Gasteiger partial charge in [-0.1, -0.05) is 32.0 Å². The van der Waals surface area contributed by atoms with Crippen molar-refractivity contribution in [2.75, 3.05) is 5.32 Å². The molecule has 0 aliphatic carbocycles. The molecule has 0 saturated heterocycles. The highest BCUT2D eigenvalue weighted by Crippen LogP contribution is 2.24. The van der Waals surface area contributed by atoms with E-state index in [0.717, 1.165) is 31.1 Å². The summed E-state index contributed by atoms with van der Waals surface area (Å²) >= 11 is 0. The summed E-state index contributed by atoms with van der Waals surface area (Å²) in [5, 5.41) is 3.44. The molecule has 20 heavy (non-hydrogen) atoms. The van der Waals surface area contributed by atoms with Crippen LogP contribution in [0.3, 0.4) is 0 Å². The van der Waals surface area contributed by atoms with E-state index in [-0.39, 0.29) is 0 Å². The van der Waals surface area contributed by atoms with Gasteiger partial charge in [0.1, 0.15) is 0 Å². The van der Waals surface area contributed by atoms with Gasteiger partial charge in [-0.25, -0.2) is 0 Å². The minimum Gasteiger partial charge on any atom is -0.380 e. The Balaban J connectivity index is 1.69. The maximum absolute atomic E-state index is 5.51. The number of hydrogen-bond donors (Lipinski definition) is 1. The number of ether oxygens (including phenoxy) is 1. The van der Waals surface area contributed by atoms with Crippen LogP contribution in [-0.4, -0.2) is 4.98 Å². The predicted molar refractivity (Wildman–Crippen MR) is 80.6 cm³/mol. The third-order valence-corrected chi connectivity index (χ3v) is 3.73. The maximum Gasteiger partial charge on any atom is 0.0728 e. The first kappa shape index (κ1) is 13.1. The largest absolute Gasteiger partial charge is 0.380 e. The standard InChI is InChI=1S/C17H20N2O/c1-12(2)17-7-6-15(9-19-17)18-8-13-4-3-5-14-10-20-11-16(13)14/h3-7,9,12,18H,8,10-11H2,1-2H3. The van der Waals surface area contributed by atoms with E-state index >= 15 is 0 Å². The van der Waals surface area contributed by atoms with Gasteiger partial charge in [-0.15, -0.1) is 0 Å². The van der Waals surface area contributed by atoms with Crippen LogP contribution < -0.4 is 5.32 Å². The molecule has 2 aromatic rings. The van der Waals surface area contributed by atoms with Crippen LogP contribution in [0.5, 0.6) is 0 Å². The molecule has 0 bridgehead atoms. The van der Waals surface area contributed by atoms with Crippen LogP contribution in [0.15, 0.2) is 36.5 Å². The molecule has 1 N–H and O–H groups in total. The molecular formula is C17H20N2O. The first-order chi connectivity index (χ1) is 9.74. The van der Waals surface area contributed by atoms with Crippen molar-refractivity contribution in [3.05, 3.63) is 58.9 Å². The SMILES string of the molecule is CC(C)c1ccc(NCc2cccc3c2COC3)cn1. The quantitative estimate of drug-likeness (QED) is 0.914. The zero-order valence-electron chi connectivity index (χ0n) is 12.0. The molecule has 1 aliphatic heterocycles. The third kappa shape index (κ3) is 2.68. The highest BCUT2D eigenvalue weighted by molar-refractivity contribution is 5.44. The van der Waals surface area contributed by atoms with E-state index in [4.69, 9.17) is 4.74 Å². The summed E-state index contributed by atoms with van der Waals surface area (Å²) in [6.07, 6.45) is 1.91. The Kier molecular flexibility index (Phi) is 3.70. The summed E-state index contributed by atoms with van der Waals surface area (Å²) < 4.78 is 5.51. The molecule has 0 saturated carbocycles. The Morgan fingerprint density at radius 2 is 2.10 bits per heavy atom. The molecule has 1 aliphatic rings. The highest BCUT2D eigenvalue weighted by Gasteiger charge is 2.14. The van der Waals surface area contributed by atoms with Crippen molar-refractivity contribution in [2.24, 2.45) is 0 Å². The Morgan fingerprint density at radius 3 is 2.85 bits per heavy atom. The Bertz CT molecular complexity index is 590. The van der Waals surface area contributed by atoms with E-state index in [2.05, 4.69) is 54.5 Å². The van der Waals surface area contributed by atoms with Crippen LogP contribution in [-0.2, 0) is 24.5 Å². The topological polar surface area (TPSA) is 34.1 Å². The molecule has 3 nitrogen and oxygen atoms in total. The average Bonchev–Trinajstić information content (AvgIpc) is 2.94. The molecule has 0 unspecified atom stereocenters. The average molecular weight is 268 g/mol. The van der Waals surface area contributed by atoms with Gasteiger partial charge in [0.15, 0.2) is 0 Å². The van der Waals surface area contributed by atoms with Crippen molar-refractivity contribution >= 4 is 5.69 Å². The molecule has 104 valence electrons. The summed E-state index contributed by atoms with van der Waals surface area (Å²) in [4.78, 5) is 4.48. The fourth-order valence-corrected chi connectivity index (χ4v) is 2.49. The molecule has 3 rings (SSSR count). The minimum atomic E-state index is 0.471. The predicted octanol–water partition coefficient (Wildman–Crippen LogP) is 3.85. The zero-order chi connectivity index (χ0) is 13.9. The number of fused-ring (bicyclic) bond motifs is 1. The number of hydrogen-bond acceptors (Lipinski definition) is 3. The summed E-state index contributed by atoms with van der Waals surface area (Å²) in [6, 6.07) is 10.6. The summed E-state index contributed by atoms with van der Waals surface area (Å²) in [6.45, 7) is 6.60. The van der Waals surface area contributed by atoms with Gasteiger partial charge in [0.25, 0.3) is 0 Å². The Labute approximate surface area is 120 Å². The first-order valence-electron chi connectivity index (χ1n) is 7.11. The minimum absolute atomic E-state index is 0.471. The van der Waals surface area contributed by atoms with Crippen molar-refractivity contribution < 1.29 is 4.74 Å². The summed E-state index contributed by atoms with van der Waals surface area (Å²) in [7, 11) is 0. The second kappa shape index (κ2) is 5.63. The number of pyridine rings is 1. The van der Waals surface area contributed by atoms with Crippen molar-refractivity contribution in [1.29, 1.82) is 0 Å². The summed E-state index contributed by atoms with van der Waals surface area (Å²) in [5.41, 5.74) is 6.16. The van der Waals surface area contributed by atoms with Crippen LogP contribution in [0.1, 0.15) is 42.1 Å². The molecule has 0 amide bonds. The lowest BCUT2D eigenvalue weighted by molar-refractivity contribution is 0.134. The van der Waals surface area contributed by atoms with Crippen LogP contribution >= 0.6 is 0 Å². The highest BCUT2D eigenvalue weighted by atomic mass is 16.5. The van der Waals surface area contributed by atoms with Crippen molar-refractivity contribution in [2.45, 2.75) is 39.5 Å². The first-order valence-corrected chi connectivity index (χ1v) is 7.11. The molecule has 1 aromatic carbocycles.